The summed E-state index contributed by atoms with van der Waals surface area (Å²) in [6.45, 7) is 7.72. The number of azide groups is 3. The fourth-order valence-electron chi connectivity index (χ4n) is 2.42. The Kier molecular flexibility index (Phi) is 23.5. The second-order valence-corrected chi connectivity index (χ2v) is 8.45. The molecule has 4 unspecified atom stereocenters. The molecule has 4 atom stereocenters. The van der Waals surface area contributed by atoms with Crippen molar-refractivity contribution in [2.45, 2.75) is 58.3 Å². The van der Waals surface area contributed by atoms with Gasteiger partial charge < -0.3 is 30.2 Å². The molecule has 0 bridgehead atoms. The van der Waals surface area contributed by atoms with E-state index in [0.717, 1.165) is 0 Å². The zero-order valence-corrected chi connectivity index (χ0v) is 24.9. The van der Waals surface area contributed by atoms with E-state index in [9.17, 15) is 14.4 Å². The Morgan fingerprint density at radius 3 is 1.71 bits per heavy atom. The van der Waals surface area contributed by atoms with Gasteiger partial charge in [-0.2, -0.15) is 0 Å². The van der Waals surface area contributed by atoms with Crippen molar-refractivity contribution in [2.75, 3.05) is 41.0 Å². The summed E-state index contributed by atoms with van der Waals surface area (Å²) in [5.74, 6) is 0.436. The molecule has 1 rings (SSSR count). The second kappa shape index (κ2) is 25.1. The molecule has 18 nitrogen and oxygen atoms in total. The van der Waals surface area contributed by atoms with Crippen molar-refractivity contribution >= 4 is 17.9 Å². The SMILES string of the molecule is CNC(=O)CC(C)OCC(C)N=[N+]=[N-].CNC(=O)OCC(C)N=[N+]=[N-].CNC(=O)c1ccc(OCC(C)N=[N+]=[N-])cc1. The van der Waals surface area contributed by atoms with Crippen LogP contribution in [0.4, 0.5) is 4.79 Å². The monoisotopic (exact) mass is 592 g/mol. The molecule has 3 N–H and O–H groups in total. The van der Waals surface area contributed by atoms with Crippen molar-refractivity contribution in [3.8, 4) is 5.75 Å². The standard InChI is InChI=1S/C11H14N4O2.C8H16N4O2.C5H10N4O2/c1-8(14-15-12)7-17-10-5-3-9(4-6-10)11(16)13-2;1-6(11-12-9)5-14-7(2)4-8(13)10-3;1-4(8-9-6)3-11-5(10)7-2/h3-6,8H,7H2,1-2H3,(H,13,16);6-7H,4-5H2,1-3H3,(H,10,13);4H,3H2,1-2H3,(H,7,10). The van der Waals surface area contributed by atoms with Crippen LogP contribution in [-0.4, -0.2) is 83.1 Å². The van der Waals surface area contributed by atoms with Gasteiger partial charge >= 0.3 is 6.09 Å². The van der Waals surface area contributed by atoms with Gasteiger partial charge in [0.05, 0.1) is 43.9 Å². The summed E-state index contributed by atoms with van der Waals surface area (Å²) in [6.07, 6.45) is -0.365. The third-order valence-corrected chi connectivity index (χ3v) is 4.61. The van der Waals surface area contributed by atoms with Gasteiger partial charge in [-0.3, -0.25) is 9.59 Å². The molecule has 0 aliphatic heterocycles. The molecule has 0 heterocycles. The molecule has 0 aliphatic carbocycles. The van der Waals surface area contributed by atoms with Crippen LogP contribution < -0.4 is 20.7 Å². The van der Waals surface area contributed by atoms with E-state index in [4.69, 9.17) is 26.1 Å². The highest BCUT2D eigenvalue weighted by molar-refractivity contribution is 5.94. The Morgan fingerprint density at radius 1 is 0.762 bits per heavy atom. The fourth-order valence-corrected chi connectivity index (χ4v) is 2.42. The first-order valence-electron chi connectivity index (χ1n) is 12.7. The minimum Gasteiger partial charge on any atom is -0.493 e. The average Bonchev–Trinajstić information content (AvgIpc) is 2.98. The fraction of sp³-hybridized carbons (Fsp3) is 0.625. The van der Waals surface area contributed by atoms with Crippen LogP contribution in [0.3, 0.4) is 0 Å². The Morgan fingerprint density at radius 2 is 1.26 bits per heavy atom. The molecular formula is C24H40N12O6. The first-order valence-corrected chi connectivity index (χ1v) is 12.7. The molecule has 232 valence electrons. The summed E-state index contributed by atoms with van der Waals surface area (Å²) >= 11 is 0. The van der Waals surface area contributed by atoms with Crippen molar-refractivity contribution in [3.05, 3.63) is 61.2 Å². The van der Waals surface area contributed by atoms with Gasteiger partial charge in [-0.1, -0.05) is 36.1 Å². The lowest BCUT2D eigenvalue weighted by atomic mass is 10.2. The molecule has 1 aromatic rings. The molecule has 18 heteroatoms. The number of amides is 3. The maximum atomic E-state index is 11.3. The first kappa shape index (κ1) is 39.3. The zero-order chi connectivity index (χ0) is 32.3. The minimum absolute atomic E-state index is 0.0612. The summed E-state index contributed by atoms with van der Waals surface area (Å²) in [7, 11) is 4.62. The number of benzene rings is 1. The number of nitrogens with zero attached hydrogens (tertiary/aromatic N) is 9. The summed E-state index contributed by atoms with van der Waals surface area (Å²) in [5.41, 5.74) is 24.9. The number of carbonyl (C=O) groups excluding carboxylic acids is 3. The second-order valence-electron chi connectivity index (χ2n) is 8.45. The summed E-state index contributed by atoms with van der Waals surface area (Å²) in [4.78, 5) is 40.5. The lowest BCUT2D eigenvalue weighted by molar-refractivity contribution is -0.123. The largest absolute Gasteiger partial charge is 0.493 e. The molecule has 0 aliphatic rings. The molecule has 3 amide bonds. The Hall–Kier alpha value is -4.88. The predicted molar refractivity (Wildman–Crippen MR) is 156 cm³/mol. The average molecular weight is 593 g/mol. The molecule has 0 saturated carbocycles. The molecule has 0 saturated heterocycles. The number of nitrogens with one attached hydrogen (secondary N) is 3. The van der Waals surface area contributed by atoms with Gasteiger partial charge in [0.15, 0.2) is 0 Å². The van der Waals surface area contributed by atoms with Gasteiger partial charge in [-0.05, 0) is 47.8 Å². The summed E-state index contributed by atoms with van der Waals surface area (Å²) in [6, 6.07) is 6.00. The molecule has 0 aromatic heterocycles. The van der Waals surface area contributed by atoms with Gasteiger partial charge in [-0.15, -0.1) is 0 Å². The predicted octanol–water partition coefficient (Wildman–Crippen LogP) is 4.39. The smallest absolute Gasteiger partial charge is 0.406 e. The molecule has 0 spiro atoms. The lowest BCUT2D eigenvalue weighted by Gasteiger charge is -2.13. The maximum absolute atomic E-state index is 11.3. The van der Waals surface area contributed by atoms with Crippen molar-refractivity contribution in [2.24, 2.45) is 15.3 Å². The molecule has 42 heavy (non-hydrogen) atoms. The molecule has 0 fully saturated rings. The van der Waals surface area contributed by atoms with Crippen LogP contribution in [0.5, 0.6) is 5.75 Å². The molecule has 1 aromatic carbocycles. The van der Waals surface area contributed by atoms with E-state index in [2.05, 4.69) is 50.8 Å². The highest BCUT2D eigenvalue weighted by Crippen LogP contribution is 2.12. The molecule has 0 radical (unpaired) electrons. The Balaban J connectivity index is 0. The lowest BCUT2D eigenvalue weighted by Crippen LogP contribution is -2.25. The third kappa shape index (κ3) is 22.0. The van der Waals surface area contributed by atoms with Crippen LogP contribution >= 0.6 is 0 Å². The number of carbonyl (C=O) groups is 3. The van der Waals surface area contributed by atoms with E-state index < -0.39 is 6.09 Å². The zero-order valence-electron chi connectivity index (χ0n) is 24.9. The van der Waals surface area contributed by atoms with E-state index >= 15 is 0 Å². The van der Waals surface area contributed by atoms with Crippen LogP contribution in [0.15, 0.2) is 39.6 Å². The van der Waals surface area contributed by atoms with E-state index in [1.807, 2.05) is 0 Å². The number of alkyl carbamates (subject to hydrolysis) is 1. The van der Waals surface area contributed by atoms with Crippen molar-refractivity contribution in [1.82, 2.24) is 16.0 Å². The molecular weight excluding hydrogens is 552 g/mol. The quantitative estimate of drug-likeness (QED) is 0.160. The van der Waals surface area contributed by atoms with E-state index in [0.29, 0.717) is 30.9 Å². The van der Waals surface area contributed by atoms with E-state index in [1.54, 1.807) is 66.1 Å². The van der Waals surface area contributed by atoms with Gasteiger partial charge in [-0.25, -0.2) is 4.79 Å². The highest BCUT2D eigenvalue weighted by Gasteiger charge is 2.09. The van der Waals surface area contributed by atoms with E-state index in [-0.39, 0.29) is 42.7 Å². The highest BCUT2D eigenvalue weighted by atomic mass is 16.5. The Labute approximate surface area is 244 Å². The van der Waals surface area contributed by atoms with Crippen LogP contribution in [-0.2, 0) is 14.3 Å². The van der Waals surface area contributed by atoms with Crippen molar-refractivity contribution < 1.29 is 28.6 Å². The van der Waals surface area contributed by atoms with Gasteiger partial charge in [0.1, 0.15) is 12.4 Å². The number of rotatable bonds is 14. The summed E-state index contributed by atoms with van der Waals surface area (Å²) in [5, 5.41) is 17.6. The topological polar surface area (TPSA) is 261 Å². The summed E-state index contributed by atoms with van der Waals surface area (Å²) < 4.78 is 15.3. The van der Waals surface area contributed by atoms with Crippen molar-refractivity contribution in [3.63, 3.8) is 0 Å². The number of ether oxygens (including phenoxy) is 3. The van der Waals surface area contributed by atoms with Crippen LogP contribution in [0.25, 0.3) is 31.3 Å². The maximum Gasteiger partial charge on any atom is 0.406 e. The van der Waals surface area contributed by atoms with Crippen LogP contribution in [0, 0.1) is 0 Å². The van der Waals surface area contributed by atoms with Crippen molar-refractivity contribution in [1.29, 1.82) is 0 Å². The Bertz CT molecular complexity index is 1080. The van der Waals surface area contributed by atoms with Crippen LogP contribution in [0.1, 0.15) is 44.5 Å². The third-order valence-electron chi connectivity index (χ3n) is 4.61. The number of hydrogen-bond donors (Lipinski definition) is 3. The van der Waals surface area contributed by atoms with E-state index in [1.165, 1.54) is 7.05 Å². The van der Waals surface area contributed by atoms with Crippen LogP contribution in [0.2, 0.25) is 0 Å². The first-order chi connectivity index (χ1) is 20.0. The van der Waals surface area contributed by atoms with Gasteiger partial charge in [0.25, 0.3) is 5.91 Å². The normalized spacial score (nSPS) is 12.1. The number of hydrogen-bond acceptors (Lipinski definition) is 9. The van der Waals surface area contributed by atoms with Gasteiger partial charge in [0.2, 0.25) is 5.91 Å². The minimum atomic E-state index is -0.523. The van der Waals surface area contributed by atoms with Gasteiger partial charge in [0, 0.05) is 41.4 Å².